The van der Waals surface area contributed by atoms with Gasteiger partial charge in [-0.1, -0.05) is 0 Å². The summed E-state index contributed by atoms with van der Waals surface area (Å²) >= 11 is -0.0635. The normalized spacial score (nSPS) is 15.2. The van der Waals surface area contributed by atoms with Gasteiger partial charge in [0, 0.05) is 0 Å². The SMILES string of the molecule is O=C1C(=Cc2cc3c([se]2)C2(c4ccccc4-c4ccccc42)c2ccccc2-3)C(=O)c2cc3ccccc3cc21. The van der Waals surface area contributed by atoms with E-state index in [9.17, 15) is 9.59 Å². The van der Waals surface area contributed by atoms with E-state index in [1.807, 2.05) is 42.5 Å². The fourth-order valence-electron chi connectivity index (χ4n) is 7.18. The second-order valence-corrected chi connectivity index (χ2v) is 13.0. The molecule has 0 unspecified atom stereocenters. The average Bonchev–Trinajstić information content (AvgIpc) is 3.69. The van der Waals surface area contributed by atoms with Crippen LogP contribution in [0.3, 0.4) is 0 Å². The van der Waals surface area contributed by atoms with Crippen molar-refractivity contribution in [2.24, 2.45) is 0 Å². The second kappa shape index (κ2) is 7.76. The molecule has 0 amide bonds. The van der Waals surface area contributed by atoms with Gasteiger partial charge in [-0.15, -0.1) is 0 Å². The third-order valence-electron chi connectivity index (χ3n) is 8.82. The van der Waals surface area contributed by atoms with Crippen LogP contribution in [0.1, 0.15) is 46.3 Å². The molecule has 0 saturated carbocycles. The zero-order chi connectivity index (χ0) is 26.6. The van der Waals surface area contributed by atoms with Gasteiger partial charge in [0.25, 0.3) is 0 Å². The number of Topliss-reactive ketones (excluding diaryl/α,β-unsaturated/α-hetero) is 2. The van der Waals surface area contributed by atoms with Crippen molar-refractivity contribution in [2.75, 3.05) is 0 Å². The molecule has 6 aromatic rings. The van der Waals surface area contributed by atoms with E-state index in [1.165, 1.54) is 43.4 Å². The molecule has 186 valence electrons. The first kappa shape index (κ1) is 22.3. The van der Waals surface area contributed by atoms with Gasteiger partial charge in [0.05, 0.1) is 0 Å². The summed E-state index contributed by atoms with van der Waals surface area (Å²) < 4.78 is 2.47. The van der Waals surface area contributed by atoms with Crippen molar-refractivity contribution in [3.63, 3.8) is 0 Å². The van der Waals surface area contributed by atoms with Crippen molar-refractivity contribution < 1.29 is 9.59 Å². The van der Waals surface area contributed by atoms with Gasteiger partial charge in [0.2, 0.25) is 0 Å². The fraction of sp³-hybridized carbons (Fsp3) is 0.0270. The van der Waals surface area contributed by atoms with E-state index in [1.54, 1.807) is 0 Å². The summed E-state index contributed by atoms with van der Waals surface area (Å²) in [5, 5.41) is 1.96. The Morgan fingerprint density at radius 1 is 0.500 bits per heavy atom. The molecule has 40 heavy (non-hydrogen) atoms. The number of rotatable bonds is 1. The minimum absolute atomic E-state index is 0.0635. The number of fused-ring (bicyclic) bond motifs is 12. The molecule has 2 nitrogen and oxygen atoms in total. The molecule has 0 N–H and O–H groups in total. The summed E-state index contributed by atoms with van der Waals surface area (Å²) in [7, 11) is 0. The average molecular weight is 576 g/mol. The summed E-state index contributed by atoms with van der Waals surface area (Å²) in [6.07, 6.45) is 1.89. The third kappa shape index (κ3) is 2.64. The molecule has 0 aliphatic heterocycles. The summed E-state index contributed by atoms with van der Waals surface area (Å²) in [4.78, 5) is 27.1. The number of hydrogen-bond acceptors (Lipinski definition) is 2. The van der Waals surface area contributed by atoms with Crippen molar-refractivity contribution in [3.8, 4) is 22.3 Å². The van der Waals surface area contributed by atoms with Gasteiger partial charge in [0.15, 0.2) is 0 Å². The predicted octanol–water partition coefficient (Wildman–Crippen LogP) is 7.70. The van der Waals surface area contributed by atoms with Crippen LogP contribution in [0.25, 0.3) is 39.1 Å². The fourth-order valence-corrected chi connectivity index (χ4v) is 10.0. The van der Waals surface area contributed by atoms with Crippen molar-refractivity contribution in [1.29, 1.82) is 0 Å². The van der Waals surface area contributed by atoms with E-state index >= 15 is 0 Å². The van der Waals surface area contributed by atoms with Gasteiger partial charge in [-0.2, -0.15) is 0 Å². The quantitative estimate of drug-likeness (QED) is 0.114. The molecule has 0 atom stereocenters. The van der Waals surface area contributed by atoms with Crippen LogP contribution in [0.5, 0.6) is 0 Å². The van der Waals surface area contributed by atoms with Crippen LogP contribution in [-0.2, 0) is 5.41 Å². The Hall–Kier alpha value is -4.56. The summed E-state index contributed by atoms with van der Waals surface area (Å²) in [5.74, 6) is -0.331. The van der Waals surface area contributed by atoms with E-state index in [4.69, 9.17) is 0 Å². The van der Waals surface area contributed by atoms with Gasteiger partial charge < -0.3 is 0 Å². The van der Waals surface area contributed by atoms with Crippen molar-refractivity contribution in [1.82, 2.24) is 0 Å². The topological polar surface area (TPSA) is 34.1 Å². The molecule has 1 aromatic heterocycles. The number of benzene rings is 5. The molecule has 3 aliphatic carbocycles. The predicted molar refractivity (Wildman–Crippen MR) is 160 cm³/mol. The molecule has 0 radical (unpaired) electrons. The minimum atomic E-state index is -0.347. The Kier molecular flexibility index (Phi) is 4.32. The van der Waals surface area contributed by atoms with E-state index in [-0.39, 0.29) is 37.1 Å². The standard InChI is InChI=1S/C37H20O2Se/c38-34-27-17-21-9-1-2-10-22(21)18-28(27)35(39)30(34)20-23-19-29-26-13-5-8-16-33(26)37(36(29)40-23)31-14-6-3-11-24(31)25-12-4-7-15-32(25)37/h1-20H. The monoisotopic (exact) mass is 576 g/mol. The van der Waals surface area contributed by atoms with Crippen LogP contribution in [0.4, 0.5) is 0 Å². The molecular formula is C37H20O2Se. The van der Waals surface area contributed by atoms with E-state index < -0.39 is 0 Å². The number of hydrogen-bond donors (Lipinski definition) is 0. The Morgan fingerprint density at radius 2 is 0.950 bits per heavy atom. The summed E-state index contributed by atoms with van der Waals surface area (Å²) in [6.45, 7) is 0. The molecule has 3 heteroatoms. The van der Waals surface area contributed by atoms with Crippen LogP contribution < -0.4 is 0 Å². The molecule has 0 saturated heterocycles. The Labute approximate surface area is 237 Å². The van der Waals surface area contributed by atoms with Gasteiger partial charge in [0.1, 0.15) is 0 Å². The first-order valence-electron chi connectivity index (χ1n) is 13.4. The Bertz CT molecular complexity index is 2060. The molecule has 1 heterocycles. The van der Waals surface area contributed by atoms with E-state index in [0.717, 1.165) is 15.2 Å². The van der Waals surface area contributed by atoms with E-state index in [0.29, 0.717) is 11.1 Å². The third-order valence-corrected chi connectivity index (χ3v) is 11.3. The summed E-state index contributed by atoms with van der Waals surface area (Å²) in [5.41, 5.74) is 10.0. The molecule has 9 rings (SSSR count). The van der Waals surface area contributed by atoms with Crippen LogP contribution in [0, 0.1) is 0 Å². The van der Waals surface area contributed by atoms with Crippen LogP contribution >= 0.6 is 0 Å². The zero-order valence-corrected chi connectivity index (χ0v) is 23.0. The van der Waals surface area contributed by atoms with Gasteiger partial charge in [-0.25, -0.2) is 0 Å². The maximum absolute atomic E-state index is 13.5. The second-order valence-electron chi connectivity index (χ2n) is 10.7. The molecular weight excluding hydrogens is 555 g/mol. The van der Waals surface area contributed by atoms with Crippen LogP contribution in [-0.4, -0.2) is 26.1 Å². The summed E-state index contributed by atoms with van der Waals surface area (Å²) in [6, 6.07) is 40.2. The van der Waals surface area contributed by atoms with Crippen molar-refractivity contribution in [2.45, 2.75) is 5.41 Å². The first-order valence-corrected chi connectivity index (χ1v) is 15.1. The Balaban J connectivity index is 1.27. The maximum atomic E-state index is 13.5. The van der Waals surface area contributed by atoms with Gasteiger partial charge >= 0.3 is 238 Å². The van der Waals surface area contributed by atoms with Crippen molar-refractivity contribution >= 4 is 42.9 Å². The van der Waals surface area contributed by atoms with E-state index in [2.05, 4.69) is 78.9 Å². The number of ketones is 2. The number of carbonyl (C=O) groups is 2. The van der Waals surface area contributed by atoms with Crippen LogP contribution in [0.15, 0.2) is 121 Å². The molecule has 5 aromatic carbocycles. The molecule has 0 fully saturated rings. The molecule has 0 bridgehead atoms. The van der Waals surface area contributed by atoms with Crippen LogP contribution in [0.2, 0.25) is 0 Å². The van der Waals surface area contributed by atoms with Gasteiger partial charge in [-0.05, 0) is 0 Å². The van der Waals surface area contributed by atoms with Gasteiger partial charge in [-0.3, -0.25) is 0 Å². The number of carbonyl (C=O) groups excluding carboxylic acids is 2. The zero-order valence-electron chi connectivity index (χ0n) is 21.3. The molecule has 1 spiro atoms. The Morgan fingerprint density at radius 3 is 1.48 bits per heavy atom. The molecule has 3 aliphatic rings. The number of allylic oxidation sites excluding steroid dienone is 1. The first-order chi connectivity index (χ1) is 19.7. The van der Waals surface area contributed by atoms with Crippen molar-refractivity contribution in [3.05, 3.63) is 158 Å².